The number of imidazole rings is 1. The molecule has 25 heavy (non-hydrogen) atoms. The number of aromatic nitrogens is 3. The van der Waals surface area contributed by atoms with Gasteiger partial charge in [0.05, 0.1) is 18.7 Å². The molecule has 0 saturated carbocycles. The normalized spacial score (nSPS) is 10.9. The topological polar surface area (TPSA) is 60.2 Å². The van der Waals surface area contributed by atoms with Crippen LogP contribution in [-0.2, 0) is 18.3 Å². The van der Waals surface area contributed by atoms with Crippen LogP contribution in [0.3, 0.4) is 0 Å². The second-order valence-electron chi connectivity index (χ2n) is 5.98. The molecule has 0 aliphatic carbocycles. The van der Waals surface area contributed by atoms with Crippen LogP contribution in [0.25, 0.3) is 10.9 Å². The average molecular weight is 338 g/mol. The smallest absolute Gasteiger partial charge is 0.342 e. The Morgan fingerprint density at radius 1 is 1.32 bits per heavy atom. The summed E-state index contributed by atoms with van der Waals surface area (Å²) in [5, 5.41) is 0.958. The van der Waals surface area contributed by atoms with Gasteiger partial charge in [-0.05, 0) is 25.5 Å². The van der Waals surface area contributed by atoms with Gasteiger partial charge in [-0.25, -0.2) is 14.8 Å². The molecule has 6 heteroatoms. The predicted octanol–water partition coefficient (Wildman–Crippen LogP) is 3.09. The summed E-state index contributed by atoms with van der Waals surface area (Å²) in [5.74, 6) is 1.16. The molecule has 0 unspecified atom stereocenters. The summed E-state index contributed by atoms with van der Waals surface area (Å²) in [6.45, 7) is 4.61. The molecule has 2 aromatic heterocycles. The van der Waals surface area contributed by atoms with E-state index < -0.39 is 0 Å². The molecule has 0 radical (unpaired) electrons. The number of benzene rings is 1. The molecule has 1 aromatic carbocycles. The molecule has 0 aliphatic rings. The first-order valence-corrected chi connectivity index (χ1v) is 8.26. The highest BCUT2D eigenvalue weighted by molar-refractivity contribution is 6.02. The van der Waals surface area contributed by atoms with Gasteiger partial charge in [0.2, 0.25) is 0 Å². The van der Waals surface area contributed by atoms with Crippen molar-refractivity contribution in [1.29, 1.82) is 0 Å². The van der Waals surface area contributed by atoms with Crippen LogP contribution in [0.1, 0.15) is 28.7 Å². The van der Waals surface area contributed by atoms with Gasteiger partial charge in [-0.2, -0.15) is 0 Å². The minimum absolute atomic E-state index is 0.327. The van der Waals surface area contributed by atoms with E-state index in [0.717, 1.165) is 22.3 Å². The van der Waals surface area contributed by atoms with Crippen molar-refractivity contribution in [2.24, 2.45) is 7.05 Å². The van der Waals surface area contributed by atoms with Crippen molar-refractivity contribution in [3.05, 3.63) is 53.6 Å². The van der Waals surface area contributed by atoms with Crippen molar-refractivity contribution in [1.82, 2.24) is 14.5 Å². The fourth-order valence-electron chi connectivity index (χ4n) is 2.92. The summed E-state index contributed by atoms with van der Waals surface area (Å²) in [4.78, 5) is 23.6. The van der Waals surface area contributed by atoms with Gasteiger partial charge in [0.15, 0.2) is 0 Å². The van der Waals surface area contributed by atoms with Crippen LogP contribution >= 0.6 is 0 Å². The molecule has 130 valence electrons. The minimum atomic E-state index is -0.347. The number of ether oxygens (including phenoxy) is 1. The lowest BCUT2D eigenvalue weighted by atomic mass is 10.0. The Labute approximate surface area is 147 Å². The van der Waals surface area contributed by atoms with Crippen LogP contribution in [0, 0.1) is 6.92 Å². The van der Waals surface area contributed by atoms with Gasteiger partial charge >= 0.3 is 5.97 Å². The third-order valence-corrected chi connectivity index (χ3v) is 4.27. The third-order valence-electron chi connectivity index (χ3n) is 4.27. The van der Waals surface area contributed by atoms with Crippen LogP contribution in [-0.4, -0.2) is 34.2 Å². The number of rotatable bonds is 5. The molecule has 0 aliphatic heterocycles. The van der Waals surface area contributed by atoms with Gasteiger partial charge in [-0.1, -0.05) is 18.2 Å². The molecular formula is C19H22N4O2. The van der Waals surface area contributed by atoms with Gasteiger partial charge in [0, 0.05) is 31.9 Å². The molecule has 0 saturated heterocycles. The lowest BCUT2D eigenvalue weighted by molar-refractivity contribution is 0.0526. The maximum Gasteiger partial charge on any atom is 0.342 e. The molecule has 3 rings (SSSR count). The summed E-state index contributed by atoms with van der Waals surface area (Å²) in [7, 11) is 3.86. The van der Waals surface area contributed by atoms with E-state index in [4.69, 9.17) is 9.72 Å². The highest BCUT2D eigenvalue weighted by Gasteiger charge is 2.23. The van der Waals surface area contributed by atoms with Gasteiger partial charge < -0.3 is 14.2 Å². The molecule has 0 amide bonds. The van der Waals surface area contributed by atoms with Gasteiger partial charge in [-0.3, -0.25) is 0 Å². The second-order valence-corrected chi connectivity index (χ2v) is 5.98. The Hall–Kier alpha value is -2.89. The zero-order valence-corrected chi connectivity index (χ0v) is 15.0. The van der Waals surface area contributed by atoms with E-state index in [-0.39, 0.29) is 5.97 Å². The molecule has 0 N–H and O–H groups in total. The average Bonchev–Trinajstić information content (AvgIpc) is 2.99. The Morgan fingerprint density at radius 2 is 2.08 bits per heavy atom. The molecule has 0 spiro atoms. The van der Waals surface area contributed by atoms with Crippen molar-refractivity contribution in [3.63, 3.8) is 0 Å². The van der Waals surface area contributed by atoms with E-state index >= 15 is 0 Å². The molecule has 2 heterocycles. The zero-order valence-electron chi connectivity index (χ0n) is 15.0. The number of aryl methyl sites for hydroxylation is 2. The summed E-state index contributed by atoms with van der Waals surface area (Å²) < 4.78 is 7.23. The summed E-state index contributed by atoms with van der Waals surface area (Å²) >= 11 is 0. The Bertz CT molecular complexity index is 917. The van der Waals surface area contributed by atoms with Crippen LogP contribution < -0.4 is 4.90 Å². The van der Waals surface area contributed by atoms with Crippen molar-refractivity contribution in [2.45, 2.75) is 20.4 Å². The lowest BCUT2D eigenvalue weighted by Gasteiger charge is -2.22. The van der Waals surface area contributed by atoms with Crippen molar-refractivity contribution < 1.29 is 9.53 Å². The Kier molecular flexibility index (Phi) is 4.70. The molecule has 0 bridgehead atoms. The SMILES string of the molecule is CCOC(=O)c1c(N(C)Cc2nccn2C)nc2ccccc2c1C. The van der Waals surface area contributed by atoms with E-state index in [1.54, 1.807) is 13.1 Å². The number of carbonyl (C=O) groups is 1. The first kappa shape index (κ1) is 17.0. The molecule has 0 fully saturated rings. The van der Waals surface area contributed by atoms with E-state index in [1.807, 2.05) is 60.9 Å². The van der Waals surface area contributed by atoms with Crippen molar-refractivity contribution >= 4 is 22.7 Å². The first-order chi connectivity index (χ1) is 12.0. The highest BCUT2D eigenvalue weighted by Crippen LogP contribution is 2.29. The van der Waals surface area contributed by atoms with Crippen LogP contribution in [0.2, 0.25) is 0 Å². The lowest BCUT2D eigenvalue weighted by Crippen LogP contribution is -2.24. The van der Waals surface area contributed by atoms with E-state index in [2.05, 4.69) is 4.98 Å². The summed E-state index contributed by atoms with van der Waals surface area (Å²) in [6, 6.07) is 7.82. The Morgan fingerprint density at radius 3 is 2.76 bits per heavy atom. The van der Waals surface area contributed by atoms with Gasteiger partial charge in [0.1, 0.15) is 17.2 Å². The van der Waals surface area contributed by atoms with Crippen LogP contribution in [0.15, 0.2) is 36.7 Å². The van der Waals surface area contributed by atoms with E-state index in [9.17, 15) is 4.79 Å². The number of pyridine rings is 1. The van der Waals surface area contributed by atoms with E-state index in [0.29, 0.717) is 24.5 Å². The molecular weight excluding hydrogens is 316 g/mol. The fourth-order valence-corrected chi connectivity index (χ4v) is 2.92. The zero-order chi connectivity index (χ0) is 18.0. The third kappa shape index (κ3) is 3.20. The van der Waals surface area contributed by atoms with Gasteiger partial charge in [0.25, 0.3) is 0 Å². The second kappa shape index (κ2) is 6.93. The molecule has 3 aromatic rings. The largest absolute Gasteiger partial charge is 0.462 e. The molecule has 0 atom stereocenters. The minimum Gasteiger partial charge on any atom is -0.462 e. The van der Waals surface area contributed by atoms with Crippen LogP contribution in [0.4, 0.5) is 5.82 Å². The number of carbonyl (C=O) groups excluding carboxylic acids is 1. The number of hydrogen-bond donors (Lipinski definition) is 0. The standard InChI is InChI=1S/C19H22N4O2/c1-5-25-19(24)17-13(2)14-8-6-7-9-15(14)21-18(17)23(4)12-16-20-10-11-22(16)3/h6-11H,5,12H2,1-4H3. The van der Waals surface area contributed by atoms with Crippen molar-refractivity contribution in [2.75, 3.05) is 18.6 Å². The first-order valence-electron chi connectivity index (χ1n) is 8.26. The van der Waals surface area contributed by atoms with Crippen molar-refractivity contribution in [3.8, 4) is 0 Å². The number of nitrogens with zero attached hydrogens (tertiary/aromatic N) is 4. The van der Waals surface area contributed by atoms with Gasteiger partial charge in [-0.15, -0.1) is 0 Å². The number of anilines is 1. The molecule has 6 nitrogen and oxygen atoms in total. The quantitative estimate of drug-likeness (QED) is 0.669. The summed E-state index contributed by atoms with van der Waals surface area (Å²) in [6.07, 6.45) is 3.66. The maximum atomic E-state index is 12.6. The van der Waals surface area contributed by atoms with Crippen LogP contribution in [0.5, 0.6) is 0 Å². The fraction of sp³-hybridized carbons (Fsp3) is 0.316. The number of esters is 1. The highest BCUT2D eigenvalue weighted by atomic mass is 16.5. The predicted molar refractivity (Wildman–Crippen MR) is 97.8 cm³/mol. The maximum absolute atomic E-state index is 12.6. The Balaban J connectivity index is 2.12. The monoisotopic (exact) mass is 338 g/mol. The number of fused-ring (bicyclic) bond motifs is 1. The number of para-hydroxylation sites is 1. The van der Waals surface area contributed by atoms with E-state index in [1.165, 1.54) is 0 Å². The number of hydrogen-bond acceptors (Lipinski definition) is 5. The summed E-state index contributed by atoms with van der Waals surface area (Å²) in [5.41, 5.74) is 2.25.